The maximum Gasteiger partial charge on any atom is 0.341 e. The van der Waals surface area contributed by atoms with E-state index in [1.165, 1.54) is 36.4 Å². The highest BCUT2D eigenvalue weighted by atomic mass is 32.2. The quantitative estimate of drug-likeness (QED) is 0.0895. The molecular weight excluding hydrogens is 897 g/mol. The van der Waals surface area contributed by atoms with Gasteiger partial charge < -0.3 is 30.4 Å². The van der Waals surface area contributed by atoms with Crippen molar-refractivity contribution in [1.82, 2.24) is 20.6 Å². The van der Waals surface area contributed by atoms with Crippen LogP contribution in [0.3, 0.4) is 0 Å². The van der Waals surface area contributed by atoms with Crippen molar-refractivity contribution in [2.24, 2.45) is 0 Å². The van der Waals surface area contributed by atoms with Gasteiger partial charge in [0.25, 0.3) is 30.4 Å². The van der Waals surface area contributed by atoms with Crippen molar-refractivity contribution in [2.75, 3.05) is 6.61 Å². The van der Waals surface area contributed by atoms with Gasteiger partial charge in [-0.15, -0.1) is 0 Å². The number of aromatic amines is 2. The Morgan fingerprint density at radius 3 is 1.23 bits per heavy atom. The summed E-state index contributed by atoms with van der Waals surface area (Å²) in [6, 6.07) is 30.5. The van der Waals surface area contributed by atoms with Crippen LogP contribution in [-0.2, 0) is 35.1 Å². The largest absolute Gasteiger partial charge is 0.482 e. The smallest absolute Gasteiger partial charge is 0.341 e. The minimum atomic E-state index is -4.52. The molecule has 4 aromatic carbocycles. The highest BCUT2D eigenvalue weighted by Gasteiger charge is 2.28. The van der Waals surface area contributed by atoms with Gasteiger partial charge in [-0.25, -0.2) is 4.79 Å². The predicted octanol–water partition coefficient (Wildman–Crippen LogP) is 4.23. The summed E-state index contributed by atoms with van der Waals surface area (Å²) in [7, 11) is -13.5. The third kappa shape index (κ3) is 8.71. The molecule has 2 atom stereocenters. The van der Waals surface area contributed by atoms with Crippen molar-refractivity contribution >= 4 is 58.6 Å². The average Bonchev–Trinajstić information content (AvgIpc) is 4.11. The molecule has 65 heavy (non-hydrogen) atoms. The van der Waals surface area contributed by atoms with E-state index in [2.05, 4.69) is 20.6 Å². The van der Waals surface area contributed by atoms with Crippen LogP contribution in [0.1, 0.15) is 33.6 Å². The fourth-order valence-electron chi connectivity index (χ4n) is 8.14. The van der Waals surface area contributed by atoms with E-state index in [1.54, 1.807) is 60.7 Å². The summed E-state index contributed by atoms with van der Waals surface area (Å²) in [4.78, 5) is 17.4. The molecule has 0 radical (unpaired) electrons. The fraction of sp³-hybridized carbons (Fsp3) is 0.0652. The van der Waals surface area contributed by atoms with Crippen molar-refractivity contribution < 1.29 is 53.5 Å². The summed E-state index contributed by atoms with van der Waals surface area (Å²) in [6.07, 6.45) is 7.60. The molecule has 2 aromatic heterocycles. The number of ether oxygens (including phenoxy) is 1. The highest BCUT2D eigenvalue weighted by molar-refractivity contribution is 7.86. The molecule has 8 N–H and O–H groups in total. The minimum absolute atomic E-state index is 0.293. The number of allylic oxidation sites excluding steroid dienone is 2. The third-order valence-electron chi connectivity index (χ3n) is 11.1. The zero-order valence-corrected chi connectivity index (χ0v) is 35.9. The summed E-state index contributed by atoms with van der Waals surface area (Å²) in [5.41, 5.74) is 7.52. The number of carbonyl (C=O) groups is 1. The Morgan fingerprint density at radius 2 is 0.862 bits per heavy atom. The van der Waals surface area contributed by atoms with Crippen LogP contribution in [0.15, 0.2) is 172 Å². The van der Waals surface area contributed by atoms with Crippen LogP contribution < -0.4 is 26.1 Å². The van der Waals surface area contributed by atoms with Gasteiger partial charge in [0.05, 0.1) is 26.8 Å². The standard InChI is InChI=1S/C46H36N4O12S3/c51-42(52)25-62-30-9-1-26(2-10-30)43-34-17-19-36(47-34)44(27-3-11-31(12-4-27)63(53,54)55)38-21-23-40(49-38)46(29-7-15-33(16-8-29)65(59,60)61)41-24-22-39(50-41)45(37-20-18-35(43)48-37)28-5-13-32(14-6-28)64(56,57)58/h1-24,34,39,47-50H,25H2,(H,51,52)(H,53,54,55)(H,56,57,58)(H,59,60,61)/b43-35-,44-36-,45-37-,46-41-. The number of hydrogen-bond donors (Lipinski definition) is 8. The predicted molar refractivity (Wildman–Crippen MR) is 238 cm³/mol. The van der Waals surface area contributed by atoms with Crippen LogP contribution in [0.5, 0.6) is 5.75 Å². The first-order valence-electron chi connectivity index (χ1n) is 19.6. The second kappa shape index (κ2) is 16.4. The molecule has 0 saturated carbocycles. The van der Waals surface area contributed by atoms with E-state index < -0.39 is 55.0 Å². The topological polar surface area (TPSA) is 265 Å². The number of H-pyrrole nitrogens is 2. The molecule has 2 unspecified atom stereocenters. The van der Waals surface area contributed by atoms with E-state index in [0.29, 0.717) is 72.6 Å². The van der Waals surface area contributed by atoms with Crippen LogP contribution >= 0.6 is 0 Å². The number of fused-ring (bicyclic) bond motifs is 8. The monoisotopic (exact) mass is 932 g/mol. The molecular formula is C46H36N4O12S3. The normalized spacial score (nSPS) is 21.2. The van der Waals surface area contributed by atoms with Gasteiger partial charge in [0.2, 0.25) is 0 Å². The van der Waals surface area contributed by atoms with Gasteiger partial charge in [-0.05, 0) is 107 Å². The van der Waals surface area contributed by atoms with Crippen molar-refractivity contribution in [1.29, 1.82) is 0 Å². The maximum atomic E-state index is 12.1. The van der Waals surface area contributed by atoms with E-state index in [-0.39, 0.29) is 14.7 Å². The summed E-state index contributed by atoms with van der Waals surface area (Å²) >= 11 is 0. The summed E-state index contributed by atoms with van der Waals surface area (Å²) in [5.74, 6) is -0.789. The zero-order chi connectivity index (χ0) is 45.8. The molecule has 0 saturated heterocycles. The summed E-state index contributed by atoms with van der Waals surface area (Å²) < 4.78 is 107. The number of aromatic nitrogens is 2. The summed E-state index contributed by atoms with van der Waals surface area (Å²) in [6.45, 7) is -0.530. The third-order valence-corrected chi connectivity index (χ3v) is 13.7. The molecule has 9 rings (SSSR count). The van der Waals surface area contributed by atoms with E-state index in [9.17, 15) is 48.8 Å². The van der Waals surface area contributed by atoms with Crippen molar-refractivity contribution in [3.63, 3.8) is 0 Å². The first kappa shape index (κ1) is 43.0. The Morgan fingerprint density at radius 1 is 0.492 bits per heavy atom. The number of nitrogens with one attached hydrogen (secondary N) is 4. The molecule has 16 nitrogen and oxygen atoms in total. The zero-order valence-electron chi connectivity index (χ0n) is 33.5. The van der Waals surface area contributed by atoms with Gasteiger partial charge in [0.1, 0.15) is 5.75 Å². The number of benzene rings is 4. The Kier molecular flexibility index (Phi) is 10.8. The van der Waals surface area contributed by atoms with E-state index in [4.69, 9.17) is 4.74 Å². The van der Waals surface area contributed by atoms with Crippen LogP contribution in [-0.4, -0.2) is 78.6 Å². The molecule has 6 aromatic rings. The lowest BCUT2D eigenvalue weighted by atomic mass is 9.98. The van der Waals surface area contributed by atoms with Crippen molar-refractivity contribution in [2.45, 2.75) is 26.8 Å². The lowest BCUT2D eigenvalue weighted by molar-refractivity contribution is -0.139. The molecule has 5 heterocycles. The van der Waals surface area contributed by atoms with Gasteiger partial charge >= 0.3 is 5.97 Å². The Hall–Kier alpha value is -7.26. The van der Waals surface area contributed by atoms with Gasteiger partial charge in [-0.1, -0.05) is 60.7 Å². The first-order valence-corrected chi connectivity index (χ1v) is 23.9. The first-order chi connectivity index (χ1) is 30.9. The molecule has 0 fully saturated rings. The van der Waals surface area contributed by atoms with E-state index in [1.807, 2.05) is 48.6 Å². The molecule has 3 aliphatic heterocycles. The molecule has 3 aliphatic rings. The second-order valence-electron chi connectivity index (χ2n) is 15.1. The molecule has 0 amide bonds. The number of rotatable bonds is 10. The minimum Gasteiger partial charge on any atom is -0.482 e. The van der Waals surface area contributed by atoms with Crippen LogP contribution in [0.25, 0.3) is 22.3 Å². The lowest BCUT2D eigenvalue weighted by Crippen LogP contribution is -2.31. The number of hydrogen-bond acceptors (Lipinski definition) is 10. The van der Waals surface area contributed by atoms with Crippen molar-refractivity contribution in [3.05, 3.63) is 201 Å². The van der Waals surface area contributed by atoms with Crippen LogP contribution in [0.2, 0.25) is 0 Å². The van der Waals surface area contributed by atoms with Gasteiger partial charge in [-0.2, -0.15) is 25.3 Å². The molecule has 330 valence electrons. The van der Waals surface area contributed by atoms with E-state index >= 15 is 0 Å². The number of aliphatic carboxylic acids is 1. The SMILES string of the molecule is O=C(O)COc1ccc(/C2=c3\cc/c([nH]3)=C(\c3ccc(S(=O)(=O)O)cc3)C3C=C/C(=C(\c4ccc(S(=O)(=O)O)cc4)c4ccc([nH]4)/C(c4ccc(S(=O)(=O)O)cc4)=C4/C=CC2N4)N3)cc1. The van der Waals surface area contributed by atoms with Crippen LogP contribution in [0.4, 0.5) is 0 Å². The Balaban J connectivity index is 1.31. The lowest BCUT2D eigenvalue weighted by Gasteiger charge is -2.20. The molecule has 0 aliphatic carbocycles. The van der Waals surface area contributed by atoms with Crippen LogP contribution in [0, 0.1) is 0 Å². The molecule has 0 spiro atoms. The fourth-order valence-corrected chi connectivity index (χ4v) is 9.58. The van der Waals surface area contributed by atoms with Crippen molar-refractivity contribution in [3.8, 4) is 5.75 Å². The average molecular weight is 933 g/mol. The molecule has 8 bridgehead atoms. The highest BCUT2D eigenvalue weighted by Crippen LogP contribution is 2.36. The van der Waals surface area contributed by atoms with Gasteiger partial charge in [0.15, 0.2) is 6.61 Å². The second-order valence-corrected chi connectivity index (χ2v) is 19.4. The molecule has 19 heteroatoms. The van der Waals surface area contributed by atoms with Gasteiger partial charge in [0, 0.05) is 55.8 Å². The van der Waals surface area contributed by atoms with E-state index in [0.717, 1.165) is 11.1 Å². The number of carboxylic acid groups (broad SMARTS) is 1. The summed E-state index contributed by atoms with van der Waals surface area (Å²) in [5, 5.41) is 17.7. The number of carboxylic acids is 1. The van der Waals surface area contributed by atoms with Gasteiger partial charge in [-0.3, -0.25) is 13.7 Å². The Bertz CT molecular complexity index is 3520. The maximum absolute atomic E-state index is 12.1. The Labute approximate surface area is 371 Å².